The van der Waals surface area contributed by atoms with Gasteiger partial charge < -0.3 is 10.6 Å². The third kappa shape index (κ3) is 5.47. The topological polar surface area (TPSA) is 87.3 Å². The molecule has 0 aromatic heterocycles. The summed E-state index contributed by atoms with van der Waals surface area (Å²) < 4.78 is 27.9. The van der Waals surface area contributed by atoms with Crippen molar-refractivity contribution in [1.82, 2.24) is 10.6 Å². The molecule has 1 saturated heterocycles. The highest BCUT2D eigenvalue weighted by atomic mass is 35.5. The summed E-state index contributed by atoms with van der Waals surface area (Å²) in [6.45, 7) is 5.24. The Morgan fingerprint density at radius 3 is 2.50 bits per heavy atom. The number of nitrogens with one attached hydrogen (secondary N) is 3. The maximum absolute atomic E-state index is 12.7. The van der Waals surface area contributed by atoms with Crippen LogP contribution in [-0.2, 0) is 10.0 Å². The van der Waals surface area contributed by atoms with Crippen molar-refractivity contribution in [1.29, 1.82) is 0 Å². The minimum atomic E-state index is -3.77. The van der Waals surface area contributed by atoms with Crippen molar-refractivity contribution in [2.24, 2.45) is 0 Å². The molecule has 6 nitrogen and oxygen atoms in total. The minimum Gasteiger partial charge on any atom is -0.350 e. The summed E-state index contributed by atoms with van der Waals surface area (Å²) in [5, 5.41) is 6.22. The van der Waals surface area contributed by atoms with E-state index in [1.54, 1.807) is 25.1 Å². The first-order valence-corrected chi connectivity index (χ1v) is 10.6. The monoisotopic (exact) mass is 423 g/mol. The van der Waals surface area contributed by atoms with Crippen molar-refractivity contribution in [2.45, 2.75) is 37.6 Å². The molecule has 1 aliphatic heterocycles. The summed E-state index contributed by atoms with van der Waals surface area (Å²) in [5.41, 5.74) is 2.64. The Bertz CT molecular complexity index is 924. The van der Waals surface area contributed by atoms with Gasteiger partial charge in [-0.15, -0.1) is 12.4 Å². The molecule has 0 radical (unpaired) electrons. The molecule has 1 fully saturated rings. The Hall–Kier alpha value is -2.09. The number of amides is 1. The van der Waals surface area contributed by atoms with Gasteiger partial charge in [0.25, 0.3) is 15.9 Å². The Morgan fingerprint density at radius 2 is 1.86 bits per heavy atom. The lowest BCUT2D eigenvalue weighted by molar-refractivity contribution is 0.0949. The molecule has 3 N–H and O–H groups in total. The number of halogens is 1. The van der Waals surface area contributed by atoms with Gasteiger partial charge in [0.05, 0.1) is 4.90 Å². The van der Waals surface area contributed by atoms with Gasteiger partial charge in [-0.3, -0.25) is 9.52 Å². The van der Waals surface area contributed by atoms with E-state index in [-0.39, 0.29) is 29.3 Å². The highest BCUT2D eigenvalue weighted by Crippen LogP contribution is 2.20. The Balaban J connectivity index is 0.00000280. The molecule has 2 aromatic carbocycles. The van der Waals surface area contributed by atoms with Crippen LogP contribution in [0.2, 0.25) is 0 Å². The molecule has 1 amide bonds. The first kappa shape index (κ1) is 22.2. The lowest BCUT2D eigenvalue weighted by atomic mass is 10.1. The van der Waals surface area contributed by atoms with E-state index in [4.69, 9.17) is 0 Å². The van der Waals surface area contributed by atoms with Crippen molar-refractivity contribution in [3.05, 3.63) is 59.2 Å². The highest BCUT2D eigenvalue weighted by molar-refractivity contribution is 7.92. The van der Waals surface area contributed by atoms with Crippen LogP contribution >= 0.6 is 12.4 Å². The van der Waals surface area contributed by atoms with Crippen LogP contribution in [0.5, 0.6) is 0 Å². The molecule has 1 unspecified atom stereocenters. The molecular weight excluding hydrogens is 398 g/mol. The molecule has 2 aromatic rings. The quantitative estimate of drug-likeness (QED) is 0.666. The number of benzene rings is 2. The number of carbonyl (C=O) groups excluding carboxylic acids is 1. The number of hydrogen-bond donors (Lipinski definition) is 3. The molecule has 0 spiro atoms. The smallest absolute Gasteiger partial charge is 0.261 e. The summed E-state index contributed by atoms with van der Waals surface area (Å²) in [6.07, 6.45) is 2.14. The van der Waals surface area contributed by atoms with Crippen LogP contribution in [0.25, 0.3) is 0 Å². The first-order valence-electron chi connectivity index (χ1n) is 9.07. The van der Waals surface area contributed by atoms with Gasteiger partial charge in [0, 0.05) is 23.8 Å². The van der Waals surface area contributed by atoms with Gasteiger partial charge in [0.1, 0.15) is 0 Å². The fourth-order valence-corrected chi connectivity index (χ4v) is 4.18. The zero-order valence-corrected chi connectivity index (χ0v) is 17.6. The summed E-state index contributed by atoms with van der Waals surface area (Å²) >= 11 is 0. The lowest BCUT2D eigenvalue weighted by Gasteiger charge is -2.14. The van der Waals surface area contributed by atoms with Gasteiger partial charge in [0.2, 0.25) is 0 Å². The summed E-state index contributed by atoms with van der Waals surface area (Å²) in [5.74, 6) is -0.256. The van der Waals surface area contributed by atoms with Gasteiger partial charge in [-0.05, 0) is 63.1 Å². The number of carbonyl (C=O) groups is 1. The fourth-order valence-electron chi connectivity index (χ4n) is 3.09. The van der Waals surface area contributed by atoms with E-state index in [2.05, 4.69) is 15.4 Å². The maximum atomic E-state index is 12.7. The van der Waals surface area contributed by atoms with Crippen LogP contribution in [0.15, 0.2) is 47.4 Å². The molecular formula is C20H26ClN3O3S. The average molecular weight is 424 g/mol. The number of hydrogen-bond acceptors (Lipinski definition) is 4. The molecule has 3 rings (SSSR count). The van der Waals surface area contributed by atoms with Crippen LogP contribution in [0.1, 0.15) is 34.3 Å². The van der Waals surface area contributed by atoms with Crippen LogP contribution in [0, 0.1) is 13.8 Å². The van der Waals surface area contributed by atoms with Gasteiger partial charge in [-0.2, -0.15) is 0 Å². The van der Waals surface area contributed by atoms with Crippen molar-refractivity contribution in [3.8, 4) is 0 Å². The van der Waals surface area contributed by atoms with Crippen molar-refractivity contribution in [3.63, 3.8) is 0 Å². The maximum Gasteiger partial charge on any atom is 0.261 e. The standard InChI is InChI=1S/C20H25N3O3S.ClH/c1-14-5-8-16(9-6-14)23-27(25,26)18-10-7-15(2)19(12-18)20(24)22-13-17-4-3-11-21-17;/h5-10,12,17,21,23H,3-4,11,13H2,1-2H3,(H,22,24);1H. The van der Waals surface area contributed by atoms with Crippen LogP contribution in [0.4, 0.5) is 5.69 Å². The van der Waals surface area contributed by atoms with Gasteiger partial charge >= 0.3 is 0 Å². The van der Waals surface area contributed by atoms with E-state index >= 15 is 0 Å². The van der Waals surface area contributed by atoms with E-state index in [1.807, 2.05) is 19.1 Å². The van der Waals surface area contributed by atoms with E-state index in [1.165, 1.54) is 12.1 Å². The van der Waals surface area contributed by atoms with Crippen molar-refractivity contribution in [2.75, 3.05) is 17.8 Å². The molecule has 0 bridgehead atoms. The Kier molecular flexibility index (Phi) is 7.46. The zero-order valence-electron chi connectivity index (χ0n) is 16.0. The van der Waals surface area contributed by atoms with E-state index in [9.17, 15) is 13.2 Å². The summed E-state index contributed by atoms with van der Waals surface area (Å²) in [7, 11) is -3.77. The lowest BCUT2D eigenvalue weighted by Crippen LogP contribution is -2.37. The third-order valence-corrected chi connectivity index (χ3v) is 6.12. The minimum absolute atomic E-state index is 0. The largest absolute Gasteiger partial charge is 0.350 e. The number of anilines is 1. The number of rotatable bonds is 6. The van der Waals surface area contributed by atoms with E-state index in [0.29, 0.717) is 17.8 Å². The zero-order chi connectivity index (χ0) is 19.4. The Morgan fingerprint density at radius 1 is 1.14 bits per heavy atom. The number of aryl methyl sites for hydroxylation is 2. The van der Waals surface area contributed by atoms with Crippen LogP contribution < -0.4 is 15.4 Å². The molecule has 0 saturated carbocycles. The van der Waals surface area contributed by atoms with Gasteiger partial charge in [-0.25, -0.2) is 8.42 Å². The molecule has 0 aliphatic carbocycles. The summed E-state index contributed by atoms with van der Waals surface area (Å²) in [6, 6.07) is 12.0. The van der Waals surface area contributed by atoms with Crippen LogP contribution in [0.3, 0.4) is 0 Å². The predicted octanol–water partition coefficient (Wildman–Crippen LogP) is 3.01. The molecule has 8 heteroatoms. The second kappa shape index (κ2) is 9.41. The first-order chi connectivity index (χ1) is 12.8. The van der Waals surface area contributed by atoms with Gasteiger partial charge in [0.15, 0.2) is 0 Å². The average Bonchev–Trinajstić information content (AvgIpc) is 3.15. The van der Waals surface area contributed by atoms with Crippen molar-refractivity contribution < 1.29 is 13.2 Å². The normalized spacial score (nSPS) is 16.3. The molecule has 152 valence electrons. The second-order valence-corrected chi connectivity index (χ2v) is 8.63. The predicted molar refractivity (Wildman–Crippen MR) is 114 cm³/mol. The highest BCUT2D eigenvalue weighted by Gasteiger charge is 2.20. The molecule has 1 heterocycles. The van der Waals surface area contributed by atoms with Crippen LogP contribution in [-0.4, -0.2) is 33.5 Å². The van der Waals surface area contributed by atoms with E-state index in [0.717, 1.165) is 30.5 Å². The summed E-state index contributed by atoms with van der Waals surface area (Å²) in [4.78, 5) is 12.6. The second-order valence-electron chi connectivity index (χ2n) is 6.95. The third-order valence-electron chi connectivity index (χ3n) is 4.74. The van der Waals surface area contributed by atoms with Crippen molar-refractivity contribution >= 4 is 34.0 Å². The number of sulfonamides is 1. The molecule has 1 aliphatic rings. The SMILES string of the molecule is Cc1ccc(NS(=O)(=O)c2ccc(C)c(C(=O)NCC3CCCN3)c2)cc1.Cl. The fraction of sp³-hybridized carbons (Fsp3) is 0.350. The van der Waals surface area contributed by atoms with Gasteiger partial charge in [-0.1, -0.05) is 23.8 Å². The van der Waals surface area contributed by atoms with E-state index < -0.39 is 10.0 Å². The molecule has 28 heavy (non-hydrogen) atoms. The molecule has 1 atom stereocenters. The Labute approximate surface area is 172 Å².